The largest absolute Gasteiger partial charge is 0.332 e. The van der Waals surface area contributed by atoms with Gasteiger partial charge < -0.3 is 9.88 Å². The normalized spacial score (nSPS) is 13.8. The van der Waals surface area contributed by atoms with Crippen molar-refractivity contribution in [1.29, 1.82) is 0 Å². The Morgan fingerprint density at radius 3 is 2.63 bits per heavy atom. The number of thiocarbonyl (C=S) groups is 1. The molecule has 4 rings (SSSR count). The number of imidazole rings is 1. The molecule has 0 amide bonds. The van der Waals surface area contributed by atoms with E-state index in [0.717, 1.165) is 35.6 Å². The van der Waals surface area contributed by atoms with Crippen LogP contribution in [0.25, 0.3) is 11.0 Å². The zero-order chi connectivity index (χ0) is 21.5. The average Bonchev–Trinajstić information content (AvgIpc) is 3.29. The lowest BCUT2D eigenvalue weighted by molar-refractivity contribution is 0.445. The van der Waals surface area contributed by atoms with E-state index in [0.29, 0.717) is 23.9 Å². The standard InChI is InChI=1S/C21H25N5O2S2/c1-4-24(5-2)30(27,28)16-11-10-15(3)18(14-16)23-21(29)26-13-12-25-19-9-7-6-8-17(19)22-20(25)26/h6-11,14H,4-5,12-13H2,1-3H3,(H,23,29). The predicted octanol–water partition coefficient (Wildman–Crippen LogP) is 3.59. The van der Waals surface area contributed by atoms with Gasteiger partial charge in [-0.2, -0.15) is 4.31 Å². The van der Waals surface area contributed by atoms with E-state index < -0.39 is 10.0 Å². The maximum absolute atomic E-state index is 12.9. The summed E-state index contributed by atoms with van der Waals surface area (Å²) >= 11 is 5.67. The Hall–Kier alpha value is -2.49. The maximum Gasteiger partial charge on any atom is 0.243 e. The fraction of sp³-hybridized carbons (Fsp3) is 0.333. The fourth-order valence-electron chi connectivity index (χ4n) is 3.77. The van der Waals surface area contributed by atoms with Crippen LogP contribution >= 0.6 is 12.2 Å². The molecule has 0 fully saturated rings. The monoisotopic (exact) mass is 443 g/mol. The summed E-state index contributed by atoms with van der Waals surface area (Å²) in [6.07, 6.45) is 0. The molecule has 0 spiro atoms. The number of para-hydroxylation sites is 2. The SMILES string of the molecule is CCN(CC)S(=O)(=O)c1ccc(C)c(NC(=S)N2CCn3c2nc2ccccc23)c1. The zero-order valence-corrected chi connectivity index (χ0v) is 18.9. The third-order valence-electron chi connectivity index (χ3n) is 5.46. The van der Waals surface area contributed by atoms with Crippen molar-refractivity contribution in [1.82, 2.24) is 13.9 Å². The molecule has 1 aliphatic rings. The van der Waals surface area contributed by atoms with Crippen LogP contribution in [-0.2, 0) is 16.6 Å². The number of fused-ring (bicyclic) bond motifs is 3. The van der Waals surface area contributed by atoms with Gasteiger partial charge in [-0.3, -0.25) is 4.90 Å². The molecule has 0 aliphatic carbocycles. The third kappa shape index (κ3) is 3.46. The van der Waals surface area contributed by atoms with Gasteiger partial charge in [-0.05, 0) is 49.0 Å². The van der Waals surface area contributed by atoms with Crippen molar-refractivity contribution >= 4 is 50.0 Å². The van der Waals surface area contributed by atoms with Crippen molar-refractivity contribution in [2.24, 2.45) is 0 Å². The van der Waals surface area contributed by atoms with E-state index >= 15 is 0 Å². The molecular weight excluding hydrogens is 418 g/mol. The number of nitrogens with zero attached hydrogens (tertiary/aromatic N) is 4. The number of hydrogen-bond acceptors (Lipinski definition) is 4. The number of rotatable bonds is 5. The van der Waals surface area contributed by atoms with E-state index in [9.17, 15) is 8.42 Å². The Balaban J connectivity index is 1.62. The molecule has 1 N–H and O–H groups in total. The molecule has 30 heavy (non-hydrogen) atoms. The highest BCUT2D eigenvalue weighted by Crippen LogP contribution is 2.29. The lowest BCUT2D eigenvalue weighted by Crippen LogP contribution is -2.34. The second-order valence-electron chi connectivity index (χ2n) is 7.20. The second kappa shape index (κ2) is 7.98. The van der Waals surface area contributed by atoms with Crippen molar-refractivity contribution < 1.29 is 8.42 Å². The number of aromatic nitrogens is 2. The van der Waals surface area contributed by atoms with Crippen LogP contribution in [0.15, 0.2) is 47.4 Å². The van der Waals surface area contributed by atoms with Gasteiger partial charge in [0.1, 0.15) is 0 Å². The summed E-state index contributed by atoms with van der Waals surface area (Å²) in [5.74, 6) is 0.804. The van der Waals surface area contributed by atoms with Gasteiger partial charge in [0, 0.05) is 31.9 Å². The minimum Gasteiger partial charge on any atom is -0.332 e. The summed E-state index contributed by atoms with van der Waals surface area (Å²) in [4.78, 5) is 6.94. The molecule has 0 bridgehead atoms. The van der Waals surface area contributed by atoms with Gasteiger partial charge in [-0.15, -0.1) is 0 Å². The van der Waals surface area contributed by atoms with Gasteiger partial charge in [-0.25, -0.2) is 13.4 Å². The first-order chi connectivity index (χ1) is 14.4. The average molecular weight is 444 g/mol. The summed E-state index contributed by atoms with van der Waals surface area (Å²) in [5, 5.41) is 3.75. The van der Waals surface area contributed by atoms with Crippen molar-refractivity contribution in [2.45, 2.75) is 32.2 Å². The molecule has 0 atom stereocenters. The molecule has 1 aliphatic heterocycles. The van der Waals surface area contributed by atoms with E-state index in [1.165, 1.54) is 4.31 Å². The lowest BCUT2D eigenvalue weighted by Gasteiger charge is -2.22. The van der Waals surface area contributed by atoms with Crippen molar-refractivity contribution in [3.8, 4) is 0 Å². The van der Waals surface area contributed by atoms with Crippen LogP contribution in [0.4, 0.5) is 11.6 Å². The molecule has 9 heteroatoms. The first-order valence-corrected chi connectivity index (χ1v) is 11.9. The zero-order valence-electron chi connectivity index (χ0n) is 17.3. The summed E-state index contributed by atoms with van der Waals surface area (Å²) in [7, 11) is -3.54. The van der Waals surface area contributed by atoms with Gasteiger partial charge in [0.25, 0.3) is 0 Å². The van der Waals surface area contributed by atoms with Gasteiger partial charge in [-0.1, -0.05) is 32.0 Å². The Morgan fingerprint density at radius 2 is 1.90 bits per heavy atom. The number of sulfonamides is 1. The smallest absolute Gasteiger partial charge is 0.243 e. The Kier molecular flexibility index (Phi) is 5.52. The molecule has 2 aromatic carbocycles. The Morgan fingerprint density at radius 1 is 1.17 bits per heavy atom. The highest BCUT2D eigenvalue weighted by atomic mass is 32.2. The molecule has 0 saturated heterocycles. The van der Waals surface area contributed by atoms with E-state index in [-0.39, 0.29) is 4.90 Å². The van der Waals surface area contributed by atoms with Crippen LogP contribution in [0, 0.1) is 6.92 Å². The molecule has 3 aromatic rings. The highest BCUT2D eigenvalue weighted by Gasteiger charge is 2.27. The van der Waals surface area contributed by atoms with E-state index in [2.05, 4.69) is 16.0 Å². The number of anilines is 2. The van der Waals surface area contributed by atoms with Crippen LogP contribution in [0.3, 0.4) is 0 Å². The minimum absolute atomic E-state index is 0.260. The van der Waals surface area contributed by atoms with Crippen LogP contribution in [0.2, 0.25) is 0 Å². The van der Waals surface area contributed by atoms with Crippen LogP contribution in [-0.4, -0.2) is 47.0 Å². The Bertz CT molecular complexity index is 1220. The maximum atomic E-state index is 12.9. The van der Waals surface area contributed by atoms with Crippen molar-refractivity contribution in [2.75, 3.05) is 29.9 Å². The summed E-state index contributed by atoms with van der Waals surface area (Å²) in [6.45, 7) is 7.97. The van der Waals surface area contributed by atoms with Crippen LogP contribution in [0.5, 0.6) is 0 Å². The minimum atomic E-state index is -3.54. The van der Waals surface area contributed by atoms with Crippen molar-refractivity contribution in [3.05, 3.63) is 48.0 Å². The topological polar surface area (TPSA) is 70.5 Å². The summed E-state index contributed by atoms with van der Waals surface area (Å²) in [6, 6.07) is 13.1. The summed E-state index contributed by atoms with van der Waals surface area (Å²) < 4.78 is 29.4. The van der Waals surface area contributed by atoms with E-state index in [4.69, 9.17) is 17.2 Å². The molecule has 0 unspecified atom stereocenters. The molecular formula is C21H25N5O2S2. The molecule has 1 aromatic heterocycles. The predicted molar refractivity (Wildman–Crippen MR) is 125 cm³/mol. The summed E-state index contributed by atoms with van der Waals surface area (Å²) in [5.41, 5.74) is 3.62. The number of aryl methyl sites for hydroxylation is 1. The van der Waals surface area contributed by atoms with E-state index in [1.807, 2.05) is 43.9 Å². The lowest BCUT2D eigenvalue weighted by atomic mass is 10.2. The molecule has 158 valence electrons. The first kappa shape index (κ1) is 20.8. The van der Waals surface area contributed by atoms with Crippen LogP contribution < -0.4 is 10.2 Å². The van der Waals surface area contributed by atoms with E-state index in [1.54, 1.807) is 18.2 Å². The highest BCUT2D eigenvalue weighted by molar-refractivity contribution is 7.89. The first-order valence-electron chi connectivity index (χ1n) is 10.0. The quantitative estimate of drug-likeness (QED) is 0.608. The van der Waals surface area contributed by atoms with Gasteiger partial charge in [0.05, 0.1) is 15.9 Å². The number of benzene rings is 2. The number of hydrogen-bond donors (Lipinski definition) is 1. The van der Waals surface area contributed by atoms with Crippen molar-refractivity contribution in [3.63, 3.8) is 0 Å². The third-order valence-corrected chi connectivity index (χ3v) is 7.83. The van der Waals surface area contributed by atoms with Crippen LogP contribution in [0.1, 0.15) is 19.4 Å². The molecule has 7 nitrogen and oxygen atoms in total. The van der Waals surface area contributed by atoms with Gasteiger partial charge in [0.15, 0.2) is 5.11 Å². The van der Waals surface area contributed by atoms with Gasteiger partial charge in [0.2, 0.25) is 16.0 Å². The van der Waals surface area contributed by atoms with Gasteiger partial charge >= 0.3 is 0 Å². The second-order valence-corrected chi connectivity index (χ2v) is 9.52. The molecule has 0 radical (unpaired) electrons. The fourth-order valence-corrected chi connectivity index (χ4v) is 5.54. The number of nitrogens with one attached hydrogen (secondary N) is 1. The molecule has 2 heterocycles. The molecule has 0 saturated carbocycles. The Labute approximate surface area is 182 Å².